The van der Waals surface area contributed by atoms with Gasteiger partial charge in [-0.05, 0) is 31.1 Å². The van der Waals surface area contributed by atoms with Crippen molar-refractivity contribution in [1.29, 1.82) is 0 Å². The van der Waals surface area contributed by atoms with Gasteiger partial charge >= 0.3 is 12.0 Å². The number of aliphatic carboxylic acids is 1. The minimum atomic E-state index is -0.771. The number of nitrogens with one attached hydrogen (secondary N) is 2. The molecule has 0 aromatic carbocycles. The molecule has 1 aliphatic carbocycles. The third-order valence-corrected chi connectivity index (χ3v) is 4.92. The van der Waals surface area contributed by atoms with Gasteiger partial charge in [-0.15, -0.1) is 0 Å². The molecule has 21 heavy (non-hydrogen) atoms. The predicted octanol–water partition coefficient (Wildman–Crippen LogP) is 3.15. The Hall–Kier alpha value is -1.26. The number of urea groups is 1. The van der Waals surface area contributed by atoms with Crippen LogP contribution in [-0.4, -0.2) is 29.7 Å². The normalized spacial score (nSPS) is 20.3. The summed E-state index contributed by atoms with van der Waals surface area (Å²) in [4.78, 5) is 23.1. The summed E-state index contributed by atoms with van der Waals surface area (Å²) in [7, 11) is 0. The van der Waals surface area contributed by atoms with Crippen LogP contribution in [0.15, 0.2) is 0 Å². The lowest BCUT2D eigenvalue weighted by molar-refractivity contribution is -0.140. The lowest BCUT2D eigenvalue weighted by Crippen LogP contribution is -2.47. The van der Waals surface area contributed by atoms with Gasteiger partial charge in [0.2, 0.25) is 0 Å². The van der Waals surface area contributed by atoms with Crippen LogP contribution in [0, 0.1) is 11.3 Å². The molecule has 1 rings (SSSR count). The Labute approximate surface area is 127 Å². The molecule has 0 heterocycles. The molecule has 1 saturated carbocycles. The third kappa shape index (κ3) is 5.94. The highest BCUT2D eigenvalue weighted by atomic mass is 16.4. The minimum Gasteiger partial charge on any atom is -0.481 e. The van der Waals surface area contributed by atoms with Gasteiger partial charge in [0.15, 0.2) is 0 Å². The first-order valence-corrected chi connectivity index (χ1v) is 8.15. The van der Waals surface area contributed by atoms with Crippen molar-refractivity contribution < 1.29 is 14.7 Å². The second-order valence-corrected chi connectivity index (χ2v) is 6.63. The largest absolute Gasteiger partial charge is 0.481 e. The highest BCUT2D eigenvalue weighted by molar-refractivity contribution is 5.74. The highest BCUT2D eigenvalue weighted by Gasteiger charge is 2.34. The van der Waals surface area contributed by atoms with Crippen LogP contribution < -0.4 is 10.6 Å². The van der Waals surface area contributed by atoms with Gasteiger partial charge in [0.25, 0.3) is 0 Å². The first kappa shape index (κ1) is 17.8. The van der Waals surface area contributed by atoms with Crippen LogP contribution in [0.3, 0.4) is 0 Å². The third-order valence-electron chi connectivity index (χ3n) is 4.92. The second kappa shape index (κ2) is 8.25. The van der Waals surface area contributed by atoms with Gasteiger partial charge in [-0.25, -0.2) is 4.79 Å². The topological polar surface area (TPSA) is 78.4 Å². The fourth-order valence-corrected chi connectivity index (χ4v) is 3.06. The van der Waals surface area contributed by atoms with E-state index in [1.54, 1.807) is 0 Å². The summed E-state index contributed by atoms with van der Waals surface area (Å²) < 4.78 is 0. The zero-order valence-electron chi connectivity index (χ0n) is 13.6. The molecule has 122 valence electrons. The zero-order valence-corrected chi connectivity index (χ0v) is 13.6. The Bertz CT molecular complexity index is 351. The number of carbonyl (C=O) groups is 2. The van der Waals surface area contributed by atoms with Crippen molar-refractivity contribution >= 4 is 12.0 Å². The summed E-state index contributed by atoms with van der Waals surface area (Å²) in [6, 6.07) is -0.0603. The fraction of sp³-hybridized carbons (Fsp3) is 0.875. The summed E-state index contributed by atoms with van der Waals surface area (Å²) in [5.74, 6) is -0.342. The number of rotatable bonds is 7. The Morgan fingerprint density at radius 2 is 1.81 bits per heavy atom. The van der Waals surface area contributed by atoms with Gasteiger partial charge in [-0.2, -0.15) is 0 Å². The molecule has 1 fully saturated rings. The van der Waals surface area contributed by atoms with Crippen molar-refractivity contribution in [1.82, 2.24) is 10.6 Å². The lowest BCUT2D eigenvalue weighted by atomic mass is 9.72. The number of carboxylic acids is 1. The van der Waals surface area contributed by atoms with Gasteiger partial charge < -0.3 is 15.7 Å². The minimum absolute atomic E-state index is 0.122. The molecule has 2 amide bonds. The standard InChI is InChI=1S/C16H30N2O3/c1-4-12(2)13(3)18-15(21)17-11-16(10-14(19)20)8-6-5-7-9-16/h12-13H,4-11H2,1-3H3,(H,19,20)(H2,17,18,21). The van der Waals surface area contributed by atoms with Crippen LogP contribution >= 0.6 is 0 Å². The average molecular weight is 298 g/mol. The number of amides is 2. The molecule has 0 aliphatic heterocycles. The van der Waals surface area contributed by atoms with E-state index in [9.17, 15) is 9.59 Å². The molecule has 1 aliphatic rings. The van der Waals surface area contributed by atoms with Crippen LogP contribution in [0.25, 0.3) is 0 Å². The van der Waals surface area contributed by atoms with Crippen molar-refractivity contribution in [3.63, 3.8) is 0 Å². The zero-order chi connectivity index (χ0) is 15.9. The van der Waals surface area contributed by atoms with E-state index < -0.39 is 5.97 Å². The van der Waals surface area contributed by atoms with Gasteiger partial charge in [0.05, 0.1) is 6.42 Å². The molecule has 5 heteroatoms. The molecule has 2 unspecified atom stereocenters. The first-order chi connectivity index (χ1) is 9.88. The van der Waals surface area contributed by atoms with Gasteiger partial charge in [0, 0.05) is 12.6 Å². The first-order valence-electron chi connectivity index (χ1n) is 8.15. The Morgan fingerprint density at radius 1 is 1.19 bits per heavy atom. The molecule has 0 saturated heterocycles. The Morgan fingerprint density at radius 3 is 2.33 bits per heavy atom. The van der Waals surface area contributed by atoms with E-state index in [4.69, 9.17) is 5.11 Å². The molecular weight excluding hydrogens is 268 g/mol. The van der Waals surface area contributed by atoms with Crippen molar-refractivity contribution in [3.8, 4) is 0 Å². The van der Waals surface area contributed by atoms with Crippen molar-refractivity contribution in [3.05, 3.63) is 0 Å². The predicted molar refractivity (Wildman–Crippen MR) is 83.2 cm³/mol. The molecule has 0 radical (unpaired) electrons. The Balaban J connectivity index is 2.49. The summed E-state index contributed by atoms with van der Waals surface area (Å²) in [6.07, 6.45) is 6.22. The molecule has 5 nitrogen and oxygen atoms in total. The molecule has 0 bridgehead atoms. The van der Waals surface area contributed by atoms with Crippen LogP contribution in [0.1, 0.15) is 65.7 Å². The maximum Gasteiger partial charge on any atom is 0.315 e. The number of carboxylic acid groups (broad SMARTS) is 1. The lowest BCUT2D eigenvalue weighted by Gasteiger charge is -2.36. The maximum atomic E-state index is 12.0. The summed E-state index contributed by atoms with van der Waals surface area (Å²) in [6.45, 7) is 6.67. The van der Waals surface area contributed by atoms with E-state index in [1.807, 2.05) is 6.92 Å². The van der Waals surface area contributed by atoms with Crippen LogP contribution in [-0.2, 0) is 4.79 Å². The quantitative estimate of drug-likeness (QED) is 0.675. The number of hydrogen-bond donors (Lipinski definition) is 3. The Kier molecular flexibility index (Phi) is 6.99. The van der Waals surface area contributed by atoms with Crippen LogP contribution in [0.4, 0.5) is 4.79 Å². The molecule has 0 aromatic rings. The smallest absolute Gasteiger partial charge is 0.315 e. The van der Waals surface area contributed by atoms with Gasteiger partial charge in [-0.3, -0.25) is 4.79 Å². The van der Waals surface area contributed by atoms with Crippen LogP contribution in [0.5, 0.6) is 0 Å². The number of carbonyl (C=O) groups excluding carboxylic acids is 1. The molecule has 3 N–H and O–H groups in total. The van der Waals surface area contributed by atoms with E-state index >= 15 is 0 Å². The SMILES string of the molecule is CCC(C)C(C)NC(=O)NCC1(CC(=O)O)CCCCC1. The van der Waals surface area contributed by atoms with Crippen molar-refractivity contribution in [2.45, 2.75) is 71.8 Å². The summed E-state index contributed by atoms with van der Waals surface area (Å²) in [5.41, 5.74) is -0.263. The molecular formula is C16H30N2O3. The van der Waals surface area contributed by atoms with E-state index in [-0.39, 0.29) is 23.9 Å². The van der Waals surface area contributed by atoms with E-state index in [0.29, 0.717) is 12.5 Å². The van der Waals surface area contributed by atoms with E-state index in [1.165, 1.54) is 6.42 Å². The van der Waals surface area contributed by atoms with Crippen molar-refractivity contribution in [2.75, 3.05) is 6.54 Å². The summed E-state index contributed by atoms with van der Waals surface area (Å²) >= 11 is 0. The highest BCUT2D eigenvalue weighted by Crippen LogP contribution is 2.38. The average Bonchev–Trinajstić information content (AvgIpc) is 2.44. The van der Waals surface area contributed by atoms with Gasteiger partial charge in [-0.1, -0.05) is 39.5 Å². The summed E-state index contributed by atoms with van der Waals surface area (Å²) in [5, 5.41) is 15.0. The second-order valence-electron chi connectivity index (χ2n) is 6.63. The van der Waals surface area contributed by atoms with E-state index in [0.717, 1.165) is 32.1 Å². The van der Waals surface area contributed by atoms with Gasteiger partial charge in [0.1, 0.15) is 0 Å². The molecule has 2 atom stereocenters. The van der Waals surface area contributed by atoms with E-state index in [2.05, 4.69) is 24.5 Å². The van der Waals surface area contributed by atoms with Crippen molar-refractivity contribution in [2.24, 2.45) is 11.3 Å². The van der Waals surface area contributed by atoms with Crippen LogP contribution in [0.2, 0.25) is 0 Å². The number of hydrogen-bond acceptors (Lipinski definition) is 2. The molecule has 0 aromatic heterocycles. The monoisotopic (exact) mass is 298 g/mol. The molecule has 0 spiro atoms. The fourth-order valence-electron chi connectivity index (χ4n) is 3.06. The maximum absolute atomic E-state index is 12.0.